The normalized spacial score (nSPS) is 8.00. The predicted octanol–water partition coefficient (Wildman–Crippen LogP) is 3.12. The molecule has 0 atom stereocenters. The van der Waals surface area contributed by atoms with E-state index in [1.54, 1.807) is 12.1 Å². The molecule has 0 unspecified atom stereocenters. The highest BCUT2D eigenvalue weighted by Crippen LogP contribution is 2.25. The van der Waals surface area contributed by atoms with Gasteiger partial charge in [0, 0.05) is 0 Å². The average molecular weight is 152 g/mol. The molecule has 0 heterocycles. The molecule has 1 rings (SSSR count). The zero-order chi connectivity index (χ0) is 7.40. The Balaban J connectivity index is 0.000001000. The number of rotatable bonds is 2. The summed E-state index contributed by atoms with van der Waals surface area (Å²) in [6.07, 6.45) is 0. The summed E-state index contributed by atoms with van der Waals surface area (Å²) < 4.78 is 0. The van der Waals surface area contributed by atoms with E-state index >= 15 is 0 Å². The van der Waals surface area contributed by atoms with Gasteiger partial charge in [-0.2, -0.15) is 0 Å². The standard InChI is InChI=1S/C6H4N2O2.CH4/c9-7-5-3-1-2-4-6(5)8-10;/h1-4H;1H4. The van der Waals surface area contributed by atoms with Gasteiger partial charge in [0.25, 0.3) is 0 Å². The molecular formula is C7H8N2O2. The first-order valence-electron chi connectivity index (χ1n) is 2.64. The Bertz CT molecular complexity index is 233. The second-order valence-corrected chi connectivity index (χ2v) is 1.67. The van der Waals surface area contributed by atoms with Crippen molar-refractivity contribution in [1.29, 1.82) is 0 Å². The van der Waals surface area contributed by atoms with E-state index in [2.05, 4.69) is 10.4 Å². The molecular weight excluding hydrogens is 144 g/mol. The van der Waals surface area contributed by atoms with Crippen molar-refractivity contribution in [2.24, 2.45) is 10.4 Å². The van der Waals surface area contributed by atoms with E-state index in [9.17, 15) is 9.81 Å². The van der Waals surface area contributed by atoms with Gasteiger partial charge in [0.05, 0.1) is 0 Å². The van der Waals surface area contributed by atoms with Gasteiger partial charge in [-0.1, -0.05) is 19.6 Å². The minimum atomic E-state index is 0. The molecule has 0 N–H and O–H groups in total. The van der Waals surface area contributed by atoms with Crippen LogP contribution in [-0.4, -0.2) is 0 Å². The highest BCUT2D eigenvalue weighted by atomic mass is 16.3. The van der Waals surface area contributed by atoms with Crippen LogP contribution in [0.4, 0.5) is 11.4 Å². The van der Waals surface area contributed by atoms with Gasteiger partial charge in [0.2, 0.25) is 0 Å². The fraction of sp³-hybridized carbons (Fsp3) is 0.143. The monoisotopic (exact) mass is 152 g/mol. The second kappa shape index (κ2) is 4.27. The molecule has 11 heavy (non-hydrogen) atoms. The minimum absolute atomic E-state index is 0. The lowest BCUT2D eigenvalue weighted by atomic mass is 10.3. The van der Waals surface area contributed by atoms with Crippen LogP contribution in [0.25, 0.3) is 0 Å². The zero-order valence-corrected chi connectivity index (χ0v) is 5.02. The van der Waals surface area contributed by atoms with Gasteiger partial charge in [-0.05, 0) is 22.5 Å². The lowest BCUT2D eigenvalue weighted by Crippen LogP contribution is -1.62. The van der Waals surface area contributed by atoms with Crippen molar-refractivity contribution < 1.29 is 0 Å². The number of nitrogens with zero attached hydrogens (tertiary/aromatic N) is 2. The van der Waals surface area contributed by atoms with Crippen LogP contribution in [0.5, 0.6) is 0 Å². The maximum absolute atomic E-state index is 9.94. The van der Waals surface area contributed by atoms with Crippen LogP contribution in [0.2, 0.25) is 0 Å². The van der Waals surface area contributed by atoms with Gasteiger partial charge in [0.15, 0.2) is 0 Å². The number of nitroso groups, excluding NO2 is 2. The minimum Gasteiger partial charge on any atom is -0.145 e. The molecule has 0 fully saturated rings. The molecule has 0 saturated heterocycles. The van der Waals surface area contributed by atoms with E-state index in [1.807, 2.05) is 0 Å². The average Bonchev–Trinajstić information content (AvgIpc) is 2.04. The van der Waals surface area contributed by atoms with Crippen LogP contribution in [0.15, 0.2) is 34.6 Å². The van der Waals surface area contributed by atoms with Crippen LogP contribution in [0.3, 0.4) is 0 Å². The molecule has 0 aliphatic rings. The molecule has 0 bridgehead atoms. The van der Waals surface area contributed by atoms with Crippen LogP contribution in [0, 0.1) is 9.81 Å². The lowest BCUT2D eigenvalue weighted by molar-refractivity contribution is 1.42. The van der Waals surface area contributed by atoms with Crippen LogP contribution < -0.4 is 0 Å². The highest BCUT2D eigenvalue weighted by molar-refractivity contribution is 5.60. The Labute approximate surface area is 64.2 Å². The van der Waals surface area contributed by atoms with Crippen LogP contribution in [0.1, 0.15) is 7.43 Å². The van der Waals surface area contributed by atoms with Crippen molar-refractivity contribution >= 4 is 11.4 Å². The molecule has 0 aliphatic heterocycles. The summed E-state index contributed by atoms with van der Waals surface area (Å²) in [7, 11) is 0. The zero-order valence-electron chi connectivity index (χ0n) is 5.02. The first-order chi connectivity index (χ1) is 4.88. The smallest absolute Gasteiger partial charge is 0.137 e. The van der Waals surface area contributed by atoms with Gasteiger partial charge in [0.1, 0.15) is 11.4 Å². The molecule has 0 aliphatic carbocycles. The summed E-state index contributed by atoms with van der Waals surface area (Å²) in [5.41, 5.74) is 0.162. The van der Waals surface area contributed by atoms with Gasteiger partial charge in [-0.15, -0.1) is 9.81 Å². The van der Waals surface area contributed by atoms with E-state index in [0.29, 0.717) is 0 Å². The second-order valence-electron chi connectivity index (χ2n) is 1.67. The molecule has 1 aromatic carbocycles. The summed E-state index contributed by atoms with van der Waals surface area (Å²) in [4.78, 5) is 19.9. The third-order valence-corrected chi connectivity index (χ3v) is 1.08. The van der Waals surface area contributed by atoms with Gasteiger partial charge >= 0.3 is 0 Å². The van der Waals surface area contributed by atoms with E-state index in [1.165, 1.54) is 12.1 Å². The largest absolute Gasteiger partial charge is 0.145 e. The van der Waals surface area contributed by atoms with Crippen LogP contribution in [-0.2, 0) is 0 Å². The number of hydrogen-bond donors (Lipinski definition) is 0. The number of benzene rings is 1. The van der Waals surface area contributed by atoms with Crippen molar-refractivity contribution in [1.82, 2.24) is 0 Å². The summed E-state index contributed by atoms with van der Waals surface area (Å²) in [5.74, 6) is 0. The third-order valence-electron chi connectivity index (χ3n) is 1.08. The van der Waals surface area contributed by atoms with Gasteiger partial charge < -0.3 is 0 Å². The Morgan fingerprint density at radius 2 is 1.27 bits per heavy atom. The summed E-state index contributed by atoms with van der Waals surface area (Å²) in [6.45, 7) is 0. The Hall–Kier alpha value is -1.58. The van der Waals surface area contributed by atoms with E-state index in [0.717, 1.165) is 0 Å². The van der Waals surface area contributed by atoms with Crippen LogP contribution >= 0.6 is 0 Å². The van der Waals surface area contributed by atoms with E-state index in [4.69, 9.17) is 0 Å². The molecule has 4 nitrogen and oxygen atoms in total. The maximum atomic E-state index is 9.94. The molecule has 0 aromatic heterocycles. The van der Waals surface area contributed by atoms with Crippen molar-refractivity contribution in [3.63, 3.8) is 0 Å². The molecule has 0 saturated carbocycles. The first kappa shape index (κ1) is 9.42. The lowest BCUT2D eigenvalue weighted by Gasteiger charge is -1.88. The first-order valence-corrected chi connectivity index (χ1v) is 2.64. The van der Waals surface area contributed by atoms with Gasteiger partial charge in [-0.25, -0.2) is 0 Å². The fourth-order valence-corrected chi connectivity index (χ4v) is 0.619. The van der Waals surface area contributed by atoms with E-state index < -0.39 is 0 Å². The predicted molar refractivity (Wildman–Crippen MR) is 44.1 cm³/mol. The topological polar surface area (TPSA) is 58.9 Å². The van der Waals surface area contributed by atoms with Crippen molar-refractivity contribution in [2.45, 2.75) is 7.43 Å². The fourth-order valence-electron chi connectivity index (χ4n) is 0.619. The highest BCUT2D eigenvalue weighted by Gasteiger charge is 1.98. The summed E-state index contributed by atoms with van der Waals surface area (Å²) in [6, 6.07) is 6.10. The SMILES string of the molecule is C.O=Nc1ccccc1N=O. The Morgan fingerprint density at radius 1 is 0.909 bits per heavy atom. The molecule has 1 aromatic rings. The maximum Gasteiger partial charge on any atom is 0.137 e. The van der Waals surface area contributed by atoms with Gasteiger partial charge in [-0.3, -0.25) is 0 Å². The summed E-state index contributed by atoms with van der Waals surface area (Å²) in [5, 5.41) is 5.20. The molecule has 0 amide bonds. The Kier molecular flexibility index (Phi) is 3.66. The van der Waals surface area contributed by atoms with Crippen molar-refractivity contribution in [3.05, 3.63) is 34.1 Å². The molecule has 0 radical (unpaired) electrons. The molecule has 4 heteroatoms. The molecule has 58 valence electrons. The third kappa shape index (κ3) is 1.93. The van der Waals surface area contributed by atoms with Crippen molar-refractivity contribution in [3.8, 4) is 0 Å². The quantitative estimate of drug-likeness (QED) is 0.611. The van der Waals surface area contributed by atoms with Crippen molar-refractivity contribution in [2.75, 3.05) is 0 Å². The molecule has 0 spiro atoms. The summed E-state index contributed by atoms with van der Waals surface area (Å²) >= 11 is 0. The van der Waals surface area contributed by atoms with E-state index in [-0.39, 0.29) is 18.8 Å². The number of hydrogen-bond acceptors (Lipinski definition) is 4. The Morgan fingerprint density at radius 3 is 1.55 bits per heavy atom.